The SMILES string of the molecule is COCC(=O)NC[C@@H]1CCN(C(=O)c2cc3c(s2)CCCC3)C[C@H]1O. The van der Waals surface area contributed by atoms with Crippen molar-refractivity contribution < 1.29 is 19.4 Å². The molecule has 2 N–H and O–H groups in total. The van der Waals surface area contributed by atoms with Crippen LogP contribution in [0.3, 0.4) is 0 Å². The van der Waals surface area contributed by atoms with Crippen LogP contribution in [0.2, 0.25) is 0 Å². The number of thiophene rings is 1. The van der Waals surface area contributed by atoms with E-state index in [2.05, 4.69) is 5.32 Å². The van der Waals surface area contributed by atoms with E-state index in [1.54, 1.807) is 16.2 Å². The molecule has 7 heteroatoms. The van der Waals surface area contributed by atoms with Gasteiger partial charge in [0.2, 0.25) is 5.91 Å². The summed E-state index contributed by atoms with van der Waals surface area (Å²) in [6.07, 6.45) is 4.64. The number of aryl methyl sites for hydroxylation is 2. The van der Waals surface area contributed by atoms with Crippen LogP contribution < -0.4 is 5.32 Å². The lowest BCUT2D eigenvalue weighted by molar-refractivity contribution is -0.125. The minimum atomic E-state index is -0.616. The Hall–Kier alpha value is -1.44. The summed E-state index contributed by atoms with van der Waals surface area (Å²) in [5.74, 6) is -0.181. The zero-order valence-electron chi connectivity index (χ0n) is 14.6. The molecule has 1 aromatic rings. The van der Waals surface area contributed by atoms with Crippen molar-refractivity contribution in [2.24, 2.45) is 5.92 Å². The Bertz CT molecular complexity index is 607. The van der Waals surface area contributed by atoms with E-state index in [0.717, 1.165) is 17.7 Å². The number of piperidine rings is 1. The number of hydrogen-bond donors (Lipinski definition) is 2. The summed E-state index contributed by atoms with van der Waals surface area (Å²) in [5, 5.41) is 13.1. The van der Waals surface area contributed by atoms with Crippen molar-refractivity contribution in [2.75, 3.05) is 33.4 Å². The van der Waals surface area contributed by atoms with E-state index < -0.39 is 6.10 Å². The van der Waals surface area contributed by atoms with Gasteiger partial charge in [-0.1, -0.05) is 0 Å². The zero-order chi connectivity index (χ0) is 17.8. The van der Waals surface area contributed by atoms with Crippen molar-refractivity contribution >= 4 is 23.2 Å². The summed E-state index contributed by atoms with van der Waals surface area (Å²) in [4.78, 5) is 28.1. The molecule has 1 aliphatic heterocycles. The number of aliphatic hydroxyl groups is 1. The minimum absolute atomic E-state index is 0.0243. The number of fused-ring (bicyclic) bond motifs is 1. The molecule has 0 saturated carbocycles. The number of aliphatic hydroxyl groups excluding tert-OH is 1. The average Bonchev–Trinajstić information content (AvgIpc) is 3.04. The monoisotopic (exact) mass is 366 g/mol. The third-order valence-electron chi connectivity index (χ3n) is 5.05. The van der Waals surface area contributed by atoms with Gasteiger partial charge in [0.1, 0.15) is 6.61 Å². The first-order valence-corrected chi connectivity index (χ1v) is 9.74. The predicted octanol–water partition coefficient (Wildman–Crippen LogP) is 1.21. The summed E-state index contributed by atoms with van der Waals surface area (Å²) in [6.45, 7) is 1.38. The molecule has 2 amide bonds. The van der Waals surface area contributed by atoms with Crippen molar-refractivity contribution in [1.29, 1.82) is 0 Å². The number of methoxy groups -OCH3 is 1. The number of rotatable bonds is 5. The van der Waals surface area contributed by atoms with Crippen molar-refractivity contribution in [1.82, 2.24) is 10.2 Å². The standard InChI is InChI=1S/C18H26N2O4S/c1-24-11-17(22)19-9-13-6-7-20(10-14(13)21)18(23)16-8-12-4-2-3-5-15(12)25-16/h8,13-14,21H,2-7,9-11H2,1H3,(H,19,22)/t13-,14+/m0/s1. The highest BCUT2D eigenvalue weighted by molar-refractivity contribution is 7.14. The number of amides is 2. The van der Waals surface area contributed by atoms with Crippen molar-refractivity contribution in [2.45, 2.75) is 38.2 Å². The molecule has 0 unspecified atom stereocenters. The van der Waals surface area contributed by atoms with Crippen LogP contribution in [-0.2, 0) is 22.4 Å². The van der Waals surface area contributed by atoms with E-state index in [1.807, 2.05) is 6.07 Å². The molecule has 3 rings (SSSR count). The minimum Gasteiger partial charge on any atom is -0.391 e. The largest absolute Gasteiger partial charge is 0.391 e. The molecule has 1 aliphatic carbocycles. The van der Waals surface area contributed by atoms with Crippen LogP contribution in [0.5, 0.6) is 0 Å². The zero-order valence-corrected chi connectivity index (χ0v) is 15.4. The number of nitrogens with one attached hydrogen (secondary N) is 1. The van der Waals surface area contributed by atoms with Gasteiger partial charge in [0.15, 0.2) is 0 Å². The highest BCUT2D eigenvalue weighted by Crippen LogP contribution is 2.31. The molecule has 2 aliphatic rings. The molecule has 2 heterocycles. The predicted molar refractivity (Wildman–Crippen MR) is 95.9 cm³/mol. The number of nitrogens with zero attached hydrogens (tertiary/aromatic N) is 1. The lowest BCUT2D eigenvalue weighted by atomic mass is 9.93. The van der Waals surface area contributed by atoms with Crippen LogP contribution in [0.1, 0.15) is 39.4 Å². The molecule has 138 valence electrons. The Morgan fingerprint density at radius 3 is 2.92 bits per heavy atom. The van der Waals surface area contributed by atoms with Crippen LogP contribution >= 0.6 is 11.3 Å². The summed E-state index contributed by atoms with van der Waals surface area (Å²) in [5.41, 5.74) is 1.33. The lowest BCUT2D eigenvalue weighted by Gasteiger charge is -2.35. The number of hydrogen-bond acceptors (Lipinski definition) is 5. The quantitative estimate of drug-likeness (QED) is 0.821. The molecule has 0 bridgehead atoms. The molecule has 1 fully saturated rings. The van der Waals surface area contributed by atoms with Gasteiger partial charge in [-0.3, -0.25) is 9.59 Å². The molecular formula is C18H26N2O4S. The Morgan fingerprint density at radius 1 is 1.40 bits per heavy atom. The lowest BCUT2D eigenvalue weighted by Crippen LogP contribution is -2.49. The summed E-state index contributed by atoms with van der Waals surface area (Å²) >= 11 is 1.62. The van der Waals surface area contributed by atoms with Crippen LogP contribution in [0.15, 0.2) is 6.07 Å². The van der Waals surface area contributed by atoms with Crippen molar-refractivity contribution in [3.05, 3.63) is 21.4 Å². The smallest absolute Gasteiger partial charge is 0.264 e. The molecule has 25 heavy (non-hydrogen) atoms. The highest BCUT2D eigenvalue weighted by Gasteiger charge is 2.31. The van der Waals surface area contributed by atoms with E-state index in [4.69, 9.17) is 4.74 Å². The fourth-order valence-electron chi connectivity index (χ4n) is 3.58. The van der Waals surface area contributed by atoms with Gasteiger partial charge in [-0.05, 0) is 43.7 Å². The molecule has 0 radical (unpaired) electrons. The van der Waals surface area contributed by atoms with Gasteiger partial charge in [-0.15, -0.1) is 11.3 Å². The van der Waals surface area contributed by atoms with E-state index in [1.165, 1.54) is 30.4 Å². The first-order valence-electron chi connectivity index (χ1n) is 8.93. The van der Waals surface area contributed by atoms with E-state index >= 15 is 0 Å². The fourth-order valence-corrected chi connectivity index (χ4v) is 4.80. The summed E-state index contributed by atoms with van der Waals surface area (Å²) in [7, 11) is 1.47. The average molecular weight is 366 g/mol. The van der Waals surface area contributed by atoms with E-state index in [0.29, 0.717) is 26.1 Å². The molecule has 6 nitrogen and oxygen atoms in total. The van der Waals surface area contributed by atoms with Crippen LogP contribution in [-0.4, -0.2) is 61.3 Å². The first-order chi connectivity index (χ1) is 12.1. The van der Waals surface area contributed by atoms with Crippen molar-refractivity contribution in [3.63, 3.8) is 0 Å². The Morgan fingerprint density at radius 2 is 2.20 bits per heavy atom. The number of carbonyl (C=O) groups is 2. The number of β-amino-alcohol motifs (C(OH)–C–C–N with tert-alkyl or cyclic N) is 1. The normalized spacial score (nSPS) is 23.2. The number of ether oxygens (including phenoxy) is 1. The molecule has 1 saturated heterocycles. The van der Waals surface area contributed by atoms with Gasteiger partial charge in [-0.25, -0.2) is 0 Å². The van der Waals surface area contributed by atoms with Crippen molar-refractivity contribution in [3.8, 4) is 0 Å². The second-order valence-electron chi connectivity index (χ2n) is 6.87. The third kappa shape index (κ3) is 4.40. The first kappa shape index (κ1) is 18.4. The maximum Gasteiger partial charge on any atom is 0.264 e. The van der Waals surface area contributed by atoms with E-state index in [9.17, 15) is 14.7 Å². The van der Waals surface area contributed by atoms with Crippen LogP contribution in [0, 0.1) is 5.92 Å². The highest BCUT2D eigenvalue weighted by atomic mass is 32.1. The molecule has 0 aromatic carbocycles. The van der Waals surface area contributed by atoms with Gasteiger partial charge in [0.05, 0.1) is 11.0 Å². The Kier molecular flexibility index (Phi) is 6.09. The molecule has 1 aromatic heterocycles. The topological polar surface area (TPSA) is 78.9 Å². The van der Waals surface area contributed by atoms with Gasteiger partial charge in [0.25, 0.3) is 5.91 Å². The molecule has 0 spiro atoms. The van der Waals surface area contributed by atoms with Crippen LogP contribution in [0.25, 0.3) is 0 Å². The van der Waals surface area contributed by atoms with E-state index in [-0.39, 0.29) is 24.3 Å². The second-order valence-corrected chi connectivity index (χ2v) is 8.01. The molecular weight excluding hydrogens is 340 g/mol. The maximum absolute atomic E-state index is 12.8. The Labute approximate surface area is 152 Å². The van der Waals surface area contributed by atoms with Gasteiger partial charge in [-0.2, -0.15) is 0 Å². The second kappa shape index (κ2) is 8.29. The Balaban J connectivity index is 1.54. The van der Waals surface area contributed by atoms with Crippen LogP contribution in [0.4, 0.5) is 0 Å². The number of likely N-dealkylation sites (tertiary alicyclic amines) is 1. The summed E-state index contributed by atoms with van der Waals surface area (Å²) in [6, 6.07) is 2.05. The van der Waals surface area contributed by atoms with Gasteiger partial charge in [0, 0.05) is 37.5 Å². The fraction of sp³-hybridized carbons (Fsp3) is 0.667. The van der Waals surface area contributed by atoms with Gasteiger partial charge >= 0.3 is 0 Å². The number of carbonyl (C=O) groups excluding carboxylic acids is 2. The summed E-state index contributed by atoms with van der Waals surface area (Å²) < 4.78 is 4.78. The van der Waals surface area contributed by atoms with Gasteiger partial charge < -0.3 is 20.1 Å². The maximum atomic E-state index is 12.8. The third-order valence-corrected chi connectivity index (χ3v) is 6.28. The molecule has 2 atom stereocenters.